The minimum Gasteiger partial charge on any atom is -0.481 e. The van der Waals surface area contributed by atoms with Gasteiger partial charge in [0.2, 0.25) is 0 Å². The van der Waals surface area contributed by atoms with Crippen molar-refractivity contribution in [3.05, 3.63) is 59.9 Å². The number of rotatable bonds is 5. The number of carbonyl (C=O) groups excluding carboxylic acids is 1. The first-order chi connectivity index (χ1) is 13.0. The average Bonchev–Trinajstić information content (AvgIpc) is 2.98. The first-order valence-electron chi connectivity index (χ1n) is 9.28. The van der Waals surface area contributed by atoms with E-state index < -0.39 is 0 Å². The second kappa shape index (κ2) is 7.19. The van der Waals surface area contributed by atoms with Crippen molar-refractivity contribution in [2.75, 3.05) is 38.6 Å². The fourth-order valence-electron chi connectivity index (χ4n) is 3.88. The number of amides is 2. The van der Waals surface area contributed by atoms with E-state index >= 15 is 0 Å². The van der Waals surface area contributed by atoms with E-state index in [4.69, 9.17) is 4.74 Å². The Balaban J connectivity index is 1.67. The Bertz CT molecular complexity index is 827. The third-order valence-electron chi connectivity index (χ3n) is 5.16. The van der Waals surface area contributed by atoms with Crippen molar-refractivity contribution < 1.29 is 13.9 Å². The van der Waals surface area contributed by atoms with Crippen LogP contribution in [0.5, 0.6) is 5.75 Å². The zero-order valence-corrected chi connectivity index (χ0v) is 15.6. The minimum absolute atomic E-state index is 0.0742. The summed E-state index contributed by atoms with van der Waals surface area (Å²) in [5.41, 5.74) is 1.54. The molecular formula is C21H24FN3O2. The SMILES string of the molecule is CN(C)CCCN1CC2C(c3ccccc3)Oc3ccc(F)cc3N2C1=O. The third kappa shape index (κ3) is 3.37. The van der Waals surface area contributed by atoms with Gasteiger partial charge in [-0.15, -0.1) is 0 Å². The van der Waals surface area contributed by atoms with Gasteiger partial charge in [0, 0.05) is 19.2 Å². The monoisotopic (exact) mass is 369 g/mol. The molecule has 0 aliphatic carbocycles. The zero-order chi connectivity index (χ0) is 19.0. The van der Waals surface area contributed by atoms with Crippen molar-refractivity contribution in [2.45, 2.75) is 18.6 Å². The van der Waals surface area contributed by atoms with Crippen LogP contribution in [0.2, 0.25) is 0 Å². The maximum Gasteiger partial charge on any atom is 0.325 e. The first kappa shape index (κ1) is 17.8. The summed E-state index contributed by atoms with van der Waals surface area (Å²) in [6, 6.07) is 14.0. The van der Waals surface area contributed by atoms with E-state index in [1.165, 1.54) is 12.1 Å². The van der Waals surface area contributed by atoms with Gasteiger partial charge >= 0.3 is 6.03 Å². The van der Waals surface area contributed by atoms with Crippen molar-refractivity contribution >= 4 is 11.7 Å². The molecule has 2 aromatic carbocycles. The average molecular weight is 369 g/mol. The number of urea groups is 1. The number of benzene rings is 2. The molecule has 1 saturated heterocycles. The summed E-state index contributed by atoms with van der Waals surface area (Å²) in [5, 5.41) is 0. The molecule has 0 saturated carbocycles. The lowest BCUT2D eigenvalue weighted by atomic mass is 9.99. The van der Waals surface area contributed by atoms with Gasteiger partial charge in [-0.2, -0.15) is 0 Å². The van der Waals surface area contributed by atoms with Crippen LogP contribution >= 0.6 is 0 Å². The van der Waals surface area contributed by atoms with E-state index in [1.807, 2.05) is 49.3 Å². The first-order valence-corrected chi connectivity index (χ1v) is 9.28. The zero-order valence-electron chi connectivity index (χ0n) is 15.6. The topological polar surface area (TPSA) is 36.0 Å². The van der Waals surface area contributed by atoms with Crippen LogP contribution in [0.1, 0.15) is 18.1 Å². The van der Waals surface area contributed by atoms with Crippen LogP contribution in [0.3, 0.4) is 0 Å². The fourth-order valence-corrected chi connectivity index (χ4v) is 3.88. The van der Waals surface area contributed by atoms with Crippen LogP contribution in [0.25, 0.3) is 0 Å². The molecule has 2 unspecified atom stereocenters. The minimum atomic E-state index is -0.367. The fraction of sp³-hybridized carbons (Fsp3) is 0.381. The Morgan fingerprint density at radius 2 is 1.96 bits per heavy atom. The van der Waals surface area contributed by atoms with E-state index in [2.05, 4.69) is 4.90 Å². The molecule has 27 heavy (non-hydrogen) atoms. The van der Waals surface area contributed by atoms with Gasteiger partial charge in [-0.1, -0.05) is 30.3 Å². The quantitative estimate of drug-likeness (QED) is 0.809. The van der Waals surface area contributed by atoms with Crippen LogP contribution in [0.15, 0.2) is 48.5 Å². The second-order valence-electron chi connectivity index (χ2n) is 7.38. The van der Waals surface area contributed by atoms with Crippen LogP contribution in [-0.2, 0) is 0 Å². The van der Waals surface area contributed by atoms with Gasteiger partial charge in [0.15, 0.2) is 0 Å². The number of anilines is 1. The normalized spacial score (nSPS) is 21.3. The Kier molecular flexibility index (Phi) is 4.74. The van der Waals surface area contributed by atoms with Gasteiger partial charge in [0.25, 0.3) is 0 Å². The molecular weight excluding hydrogens is 345 g/mol. The lowest BCUT2D eigenvalue weighted by Crippen LogP contribution is -2.43. The molecule has 5 nitrogen and oxygen atoms in total. The lowest BCUT2D eigenvalue weighted by molar-refractivity contribution is 0.159. The molecule has 2 aromatic rings. The van der Waals surface area contributed by atoms with Gasteiger partial charge in [-0.25, -0.2) is 9.18 Å². The van der Waals surface area contributed by atoms with Crippen LogP contribution in [0.4, 0.5) is 14.9 Å². The van der Waals surface area contributed by atoms with Crippen molar-refractivity contribution in [1.82, 2.24) is 9.80 Å². The summed E-state index contributed by atoms with van der Waals surface area (Å²) >= 11 is 0. The number of carbonyl (C=O) groups is 1. The van der Waals surface area contributed by atoms with Crippen molar-refractivity contribution in [2.24, 2.45) is 0 Å². The number of nitrogens with zero attached hydrogens (tertiary/aromatic N) is 3. The highest BCUT2D eigenvalue weighted by molar-refractivity contribution is 5.97. The number of hydrogen-bond donors (Lipinski definition) is 0. The Hall–Kier alpha value is -2.60. The van der Waals surface area contributed by atoms with E-state index in [9.17, 15) is 9.18 Å². The molecule has 142 valence electrons. The number of hydrogen-bond acceptors (Lipinski definition) is 3. The van der Waals surface area contributed by atoms with Crippen molar-refractivity contribution in [3.8, 4) is 5.75 Å². The third-order valence-corrected chi connectivity index (χ3v) is 5.16. The van der Waals surface area contributed by atoms with Gasteiger partial charge in [0.05, 0.1) is 11.7 Å². The summed E-state index contributed by atoms with van der Waals surface area (Å²) < 4.78 is 20.1. The standard InChI is InChI=1S/C21H24FN3O2/c1-23(2)11-6-12-24-14-18-20(15-7-4-3-5-8-15)27-19-10-9-16(22)13-17(19)25(18)21(24)26/h3-5,7-10,13,18,20H,6,11-12,14H2,1-2H3. The highest BCUT2D eigenvalue weighted by Crippen LogP contribution is 2.45. The molecule has 0 aromatic heterocycles. The highest BCUT2D eigenvalue weighted by atomic mass is 19.1. The van der Waals surface area contributed by atoms with Gasteiger partial charge in [0.1, 0.15) is 17.7 Å². The molecule has 2 aliphatic heterocycles. The van der Waals surface area contributed by atoms with Gasteiger partial charge in [-0.3, -0.25) is 4.90 Å². The van der Waals surface area contributed by atoms with E-state index in [0.29, 0.717) is 24.5 Å². The van der Waals surface area contributed by atoms with E-state index in [0.717, 1.165) is 18.5 Å². The largest absolute Gasteiger partial charge is 0.481 e. The summed E-state index contributed by atoms with van der Waals surface area (Å²) in [7, 11) is 4.04. The summed E-state index contributed by atoms with van der Waals surface area (Å²) in [4.78, 5) is 18.8. The summed E-state index contributed by atoms with van der Waals surface area (Å²) in [6.45, 7) is 2.16. The molecule has 2 amide bonds. The maximum absolute atomic E-state index is 13.9. The van der Waals surface area contributed by atoms with Crippen LogP contribution in [-0.4, -0.2) is 55.6 Å². The Morgan fingerprint density at radius 1 is 1.19 bits per heavy atom. The predicted octanol–water partition coefficient (Wildman–Crippen LogP) is 3.52. The summed E-state index contributed by atoms with van der Waals surface area (Å²) in [6.07, 6.45) is 0.624. The molecule has 0 spiro atoms. The molecule has 2 atom stereocenters. The maximum atomic E-state index is 13.9. The van der Waals surface area contributed by atoms with Gasteiger partial charge in [-0.05, 0) is 44.8 Å². The molecule has 6 heteroatoms. The molecule has 1 fully saturated rings. The molecule has 0 bridgehead atoms. The van der Waals surface area contributed by atoms with E-state index in [1.54, 1.807) is 11.0 Å². The lowest BCUT2D eigenvalue weighted by Gasteiger charge is -2.37. The second-order valence-corrected chi connectivity index (χ2v) is 7.38. The molecule has 0 N–H and O–H groups in total. The molecule has 2 heterocycles. The van der Waals surface area contributed by atoms with Crippen molar-refractivity contribution in [1.29, 1.82) is 0 Å². The summed E-state index contributed by atoms with van der Waals surface area (Å²) in [5.74, 6) is 0.179. The highest BCUT2D eigenvalue weighted by Gasteiger charge is 2.47. The Labute approximate surface area is 158 Å². The molecule has 4 rings (SSSR count). The van der Waals surface area contributed by atoms with Crippen molar-refractivity contribution in [3.63, 3.8) is 0 Å². The van der Waals surface area contributed by atoms with Crippen LogP contribution < -0.4 is 9.64 Å². The van der Waals surface area contributed by atoms with Gasteiger partial charge < -0.3 is 14.5 Å². The predicted molar refractivity (Wildman–Crippen MR) is 103 cm³/mol. The molecule has 2 aliphatic rings. The number of halogens is 1. The Morgan fingerprint density at radius 3 is 2.70 bits per heavy atom. The molecule has 0 radical (unpaired) electrons. The number of fused-ring (bicyclic) bond motifs is 3. The number of ether oxygens (including phenoxy) is 1. The van der Waals surface area contributed by atoms with Crippen LogP contribution in [0, 0.1) is 5.82 Å². The smallest absolute Gasteiger partial charge is 0.325 e. The van der Waals surface area contributed by atoms with E-state index in [-0.39, 0.29) is 24.0 Å².